The highest BCUT2D eigenvalue weighted by Gasteiger charge is 2.37. The van der Waals surface area contributed by atoms with E-state index in [0.717, 1.165) is 5.56 Å². The first-order chi connectivity index (χ1) is 8.15. The Kier molecular flexibility index (Phi) is 5.30. The zero-order chi connectivity index (χ0) is 14.0. The van der Waals surface area contributed by atoms with Gasteiger partial charge in [0.1, 0.15) is 0 Å². The molecule has 0 radical (unpaired) electrons. The van der Waals surface area contributed by atoms with Gasteiger partial charge in [-0.25, -0.2) is 0 Å². The Morgan fingerprint density at radius 3 is 2.28 bits per heavy atom. The fourth-order valence-electron chi connectivity index (χ4n) is 1.32. The van der Waals surface area contributed by atoms with Gasteiger partial charge in [0.25, 0.3) is 0 Å². The summed E-state index contributed by atoms with van der Waals surface area (Å²) in [4.78, 5) is 0. The molecule has 4 heteroatoms. The fourth-order valence-corrected chi connectivity index (χ4v) is 3.02. The van der Waals surface area contributed by atoms with Gasteiger partial charge in [0, 0.05) is 5.02 Å². The normalized spacial score (nSPS) is 14.6. The molecule has 0 saturated heterocycles. The third-order valence-electron chi connectivity index (χ3n) is 3.64. The van der Waals surface area contributed by atoms with Gasteiger partial charge in [0.2, 0.25) is 0 Å². The minimum absolute atomic E-state index is 0.187. The number of benzene rings is 1. The zero-order valence-electron chi connectivity index (χ0n) is 11.8. The number of rotatable bonds is 4. The number of halogens is 2. The van der Waals surface area contributed by atoms with Gasteiger partial charge < -0.3 is 4.43 Å². The SMILES string of the molecule is CC(C)(C)[Si](C)(C)OC[C@H](Cl)c1ccccc1Cl. The summed E-state index contributed by atoms with van der Waals surface area (Å²) in [6, 6.07) is 7.67. The molecule has 1 nitrogen and oxygen atoms in total. The first-order valence-electron chi connectivity index (χ1n) is 6.17. The summed E-state index contributed by atoms with van der Waals surface area (Å²) in [7, 11) is -1.75. The van der Waals surface area contributed by atoms with Gasteiger partial charge in [0.05, 0.1) is 12.0 Å². The molecule has 0 spiro atoms. The molecular formula is C14H22Cl2OSi. The van der Waals surface area contributed by atoms with Crippen LogP contribution in [0.3, 0.4) is 0 Å². The Labute approximate surface area is 122 Å². The molecule has 1 atom stereocenters. The average Bonchev–Trinajstić information content (AvgIpc) is 2.25. The van der Waals surface area contributed by atoms with Crippen molar-refractivity contribution in [3.8, 4) is 0 Å². The van der Waals surface area contributed by atoms with E-state index in [4.69, 9.17) is 27.6 Å². The first kappa shape index (κ1) is 16.0. The molecule has 102 valence electrons. The highest BCUT2D eigenvalue weighted by molar-refractivity contribution is 6.74. The van der Waals surface area contributed by atoms with Crippen LogP contribution in [0.5, 0.6) is 0 Å². The lowest BCUT2D eigenvalue weighted by Crippen LogP contribution is -2.41. The molecule has 0 aliphatic rings. The molecule has 1 aromatic rings. The monoisotopic (exact) mass is 304 g/mol. The van der Waals surface area contributed by atoms with Gasteiger partial charge in [-0.2, -0.15) is 0 Å². The summed E-state index contributed by atoms with van der Waals surface area (Å²) in [6.07, 6.45) is 0. The van der Waals surface area contributed by atoms with Gasteiger partial charge in [-0.1, -0.05) is 50.6 Å². The van der Waals surface area contributed by atoms with Crippen molar-refractivity contribution in [3.05, 3.63) is 34.9 Å². The second kappa shape index (κ2) is 5.95. The van der Waals surface area contributed by atoms with E-state index >= 15 is 0 Å². The van der Waals surface area contributed by atoms with Crippen LogP contribution < -0.4 is 0 Å². The van der Waals surface area contributed by atoms with Crippen molar-refractivity contribution in [3.63, 3.8) is 0 Å². The molecule has 0 fully saturated rings. The maximum Gasteiger partial charge on any atom is 0.192 e. The van der Waals surface area contributed by atoms with Crippen molar-refractivity contribution in [2.75, 3.05) is 6.61 Å². The lowest BCUT2D eigenvalue weighted by atomic mass is 10.1. The Hall–Kier alpha value is -0.0231. The van der Waals surface area contributed by atoms with Gasteiger partial charge in [-0.05, 0) is 29.8 Å². The molecule has 0 amide bonds. The molecular weight excluding hydrogens is 283 g/mol. The van der Waals surface area contributed by atoms with Crippen molar-refractivity contribution in [2.45, 2.75) is 44.3 Å². The lowest BCUT2D eigenvalue weighted by Gasteiger charge is -2.36. The Bertz CT molecular complexity index is 399. The quantitative estimate of drug-likeness (QED) is 0.516. The van der Waals surface area contributed by atoms with Crippen LogP contribution in [0, 0.1) is 0 Å². The van der Waals surface area contributed by atoms with E-state index in [0.29, 0.717) is 11.6 Å². The van der Waals surface area contributed by atoms with Gasteiger partial charge in [-0.15, -0.1) is 11.6 Å². The lowest BCUT2D eigenvalue weighted by molar-refractivity contribution is 0.287. The molecule has 18 heavy (non-hydrogen) atoms. The summed E-state index contributed by atoms with van der Waals surface area (Å²) < 4.78 is 6.11. The zero-order valence-corrected chi connectivity index (χ0v) is 14.3. The van der Waals surface area contributed by atoms with E-state index < -0.39 is 8.32 Å². The Morgan fingerprint density at radius 1 is 1.22 bits per heavy atom. The molecule has 0 unspecified atom stereocenters. The summed E-state index contributed by atoms with van der Waals surface area (Å²) in [5, 5.41) is 0.716. The second-order valence-corrected chi connectivity index (χ2v) is 11.8. The second-order valence-electron chi connectivity index (χ2n) is 6.06. The number of hydrogen-bond donors (Lipinski definition) is 0. The maximum absolute atomic E-state index is 6.38. The van der Waals surface area contributed by atoms with E-state index in [1.54, 1.807) is 0 Å². The highest BCUT2D eigenvalue weighted by Crippen LogP contribution is 2.38. The molecule has 0 heterocycles. The van der Waals surface area contributed by atoms with Crippen LogP contribution in [0.2, 0.25) is 23.2 Å². The van der Waals surface area contributed by atoms with Crippen molar-refractivity contribution >= 4 is 31.5 Å². The van der Waals surface area contributed by atoms with Crippen LogP contribution in [0.1, 0.15) is 31.7 Å². The van der Waals surface area contributed by atoms with Crippen molar-refractivity contribution in [1.29, 1.82) is 0 Å². The van der Waals surface area contributed by atoms with Gasteiger partial charge in [-0.3, -0.25) is 0 Å². The average molecular weight is 305 g/mol. The summed E-state index contributed by atoms with van der Waals surface area (Å²) in [5.74, 6) is 0. The van der Waals surface area contributed by atoms with E-state index in [1.807, 2.05) is 24.3 Å². The molecule has 0 aliphatic heterocycles. The van der Waals surface area contributed by atoms with E-state index in [9.17, 15) is 0 Å². The third kappa shape index (κ3) is 3.99. The first-order valence-corrected chi connectivity index (χ1v) is 9.90. The minimum Gasteiger partial charge on any atom is -0.415 e. The summed E-state index contributed by atoms with van der Waals surface area (Å²) in [6.45, 7) is 11.6. The van der Waals surface area contributed by atoms with Crippen LogP contribution in [-0.2, 0) is 4.43 Å². The van der Waals surface area contributed by atoms with Crippen molar-refractivity contribution < 1.29 is 4.43 Å². The standard InChI is InChI=1S/C14H22Cl2OSi/c1-14(2,3)18(4,5)17-10-13(16)11-8-6-7-9-12(11)15/h6-9,13H,10H2,1-5H3/t13-/m0/s1. The van der Waals surface area contributed by atoms with Crippen LogP contribution in [0.25, 0.3) is 0 Å². The molecule has 1 aromatic carbocycles. The van der Waals surface area contributed by atoms with E-state index in [2.05, 4.69) is 33.9 Å². The van der Waals surface area contributed by atoms with Gasteiger partial charge in [0.15, 0.2) is 8.32 Å². The van der Waals surface area contributed by atoms with Crippen LogP contribution in [0.4, 0.5) is 0 Å². The van der Waals surface area contributed by atoms with E-state index in [1.165, 1.54) is 0 Å². The third-order valence-corrected chi connectivity index (χ3v) is 8.85. The largest absolute Gasteiger partial charge is 0.415 e. The van der Waals surface area contributed by atoms with Crippen LogP contribution in [-0.4, -0.2) is 14.9 Å². The smallest absolute Gasteiger partial charge is 0.192 e. The van der Waals surface area contributed by atoms with Crippen molar-refractivity contribution in [2.24, 2.45) is 0 Å². The van der Waals surface area contributed by atoms with E-state index in [-0.39, 0.29) is 10.4 Å². The molecule has 0 bridgehead atoms. The fraction of sp³-hybridized carbons (Fsp3) is 0.571. The molecule has 0 N–H and O–H groups in total. The van der Waals surface area contributed by atoms with Crippen molar-refractivity contribution in [1.82, 2.24) is 0 Å². The van der Waals surface area contributed by atoms with Crippen LogP contribution in [0.15, 0.2) is 24.3 Å². The predicted molar refractivity (Wildman–Crippen MR) is 83.2 cm³/mol. The molecule has 0 saturated carbocycles. The van der Waals surface area contributed by atoms with Crippen LogP contribution >= 0.6 is 23.2 Å². The Morgan fingerprint density at radius 2 is 1.78 bits per heavy atom. The number of alkyl halides is 1. The Balaban J connectivity index is 2.68. The van der Waals surface area contributed by atoms with Gasteiger partial charge >= 0.3 is 0 Å². The molecule has 0 aromatic heterocycles. The summed E-state index contributed by atoms with van der Waals surface area (Å²) >= 11 is 12.5. The maximum atomic E-state index is 6.38. The summed E-state index contributed by atoms with van der Waals surface area (Å²) in [5.41, 5.74) is 0.944. The predicted octanol–water partition coefficient (Wildman–Crippen LogP) is 5.64. The highest BCUT2D eigenvalue weighted by atomic mass is 35.5. The molecule has 1 rings (SSSR count). The topological polar surface area (TPSA) is 9.23 Å². The minimum atomic E-state index is -1.75. The number of hydrogen-bond acceptors (Lipinski definition) is 1. The molecule has 0 aliphatic carbocycles.